The fraction of sp³-hybridized carbons (Fsp3) is 0.308. The number of nitrogens with zero attached hydrogens (tertiary/aromatic N) is 4. The molecule has 1 unspecified atom stereocenters. The van der Waals surface area contributed by atoms with Crippen molar-refractivity contribution >= 4 is 34.3 Å². The Kier molecular flexibility index (Phi) is 5.56. The van der Waals surface area contributed by atoms with E-state index in [2.05, 4.69) is 19.9 Å². The summed E-state index contributed by atoms with van der Waals surface area (Å²) in [5.74, 6) is -1.40. The van der Waals surface area contributed by atoms with E-state index in [9.17, 15) is 22.0 Å². The van der Waals surface area contributed by atoms with Gasteiger partial charge in [0.25, 0.3) is 0 Å². The second-order valence-corrected chi connectivity index (χ2v) is 10.0. The van der Waals surface area contributed by atoms with Gasteiger partial charge in [-0.05, 0) is 49.2 Å². The van der Waals surface area contributed by atoms with E-state index in [0.717, 1.165) is 42.9 Å². The Hall–Kier alpha value is -3.40. The Bertz CT molecular complexity index is 1460. The summed E-state index contributed by atoms with van der Waals surface area (Å²) in [5, 5.41) is 0.0584. The highest BCUT2D eigenvalue weighted by atomic mass is 35.5. The van der Waals surface area contributed by atoms with Crippen molar-refractivity contribution in [2.24, 2.45) is 5.41 Å². The summed E-state index contributed by atoms with van der Waals surface area (Å²) in [7, 11) is 0. The summed E-state index contributed by atoms with van der Waals surface area (Å²) in [6.45, 7) is 1.94. The van der Waals surface area contributed by atoms with Gasteiger partial charge in [0.05, 0.1) is 33.4 Å². The molecule has 0 bridgehead atoms. The molecule has 11 heteroatoms. The van der Waals surface area contributed by atoms with Crippen LogP contribution in [-0.2, 0) is 6.18 Å². The van der Waals surface area contributed by atoms with E-state index in [1.165, 1.54) is 6.07 Å². The number of benzene rings is 2. The van der Waals surface area contributed by atoms with Gasteiger partial charge in [0.2, 0.25) is 5.95 Å². The summed E-state index contributed by atoms with van der Waals surface area (Å²) in [6, 6.07) is 12.0. The molecule has 0 saturated carbocycles. The maximum atomic E-state index is 14.0. The van der Waals surface area contributed by atoms with E-state index in [4.69, 9.17) is 11.6 Å². The number of hydrogen-bond donors (Lipinski definition) is 1. The highest BCUT2D eigenvalue weighted by Gasteiger charge is 2.55. The van der Waals surface area contributed by atoms with Crippen LogP contribution in [0.5, 0.6) is 0 Å². The van der Waals surface area contributed by atoms with E-state index < -0.39 is 23.4 Å². The lowest BCUT2D eigenvalue weighted by Crippen LogP contribution is -2.62. The summed E-state index contributed by atoms with van der Waals surface area (Å²) in [5.41, 5.74) is 0.583. The van der Waals surface area contributed by atoms with E-state index in [-0.39, 0.29) is 27.5 Å². The maximum Gasteiger partial charge on any atom is 0.419 e. The molecule has 5 nitrogen and oxygen atoms in total. The van der Waals surface area contributed by atoms with Crippen LogP contribution in [0, 0.1) is 17.0 Å². The number of piperidine rings is 1. The van der Waals surface area contributed by atoms with Crippen molar-refractivity contribution in [3.8, 4) is 0 Å². The number of imidazole rings is 1. The van der Waals surface area contributed by atoms with Gasteiger partial charge < -0.3 is 14.8 Å². The molecule has 4 aromatic rings. The average Bonchev–Trinajstić information content (AvgIpc) is 3.27. The number of fused-ring (bicyclic) bond motifs is 1. The Morgan fingerprint density at radius 2 is 1.78 bits per heavy atom. The number of hydrogen-bond acceptors (Lipinski definition) is 4. The number of aromatic nitrogens is 3. The number of pyridine rings is 1. The molecule has 0 radical (unpaired) electrons. The molecule has 1 spiro atoms. The minimum Gasteiger partial charge on any atom is -0.362 e. The standard InChI is InChI=1S/C26H21ClF5N5/c27-17-11-15(4-5-18(17)28)37-14-25(23(37)20-3-1-2-8-33-20)6-9-36(10-7-25)24-34-21-12-16(26(30,31)32)19(29)13-22(21)35-24/h1-5,8,11-13,23H,6-7,9-10,14H2,(H,34,35). The molecule has 2 aliphatic rings. The van der Waals surface area contributed by atoms with Crippen molar-refractivity contribution in [3.63, 3.8) is 0 Å². The number of H-pyrrole nitrogens is 1. The van der Waals surface area contributed by atoms with E-state index in [1.807, 2.05) is 23.1 Å². The van der Waals surface area contributed by atoms with Gasteiger partial charge in [0.1, 0.15) is 11.6 Å². The van der Waals surface area contributed by atoms with Crippen LogP contribution in [0.15, 0.2) is 54.7 Å². The molecule has 2 fully saturated rings. The lowest BCUT2D eigenvalue weighted by molar-refractivity contribution is -0.139. The van der Waals surface area contributed by atoms with Gasteiger partial charge in [-0.1, -0.05) is 17.7 Å². The van der Waals surface area contributed by atoms with Gasteiger partial charge >= 0.3 is 6.18 Å². The number of nitrogens with one attached hydrogen (secondary N) is 1. The first-order valence-electron chi connectivity index (χ1n) is 11.8. The first-order chi connectivity index (χ1) is 17.6. The fourth-order valence-electron chi connectivity index (χ4n) is 5.63. The van der Waals surface area contributed by atoms with Crippen molar-refractivity contribution in [3.05, 3.63) is 82.6 Å². The lowest BCUT2D eigenvalue weighted by atomic mass is 9.64. The molecule has 0 aliphatic carbocycles. The van der Waals surface area contributed by atoms with Gasteiger partial charge in [0.15, 0.2) is 0 Å². The lowest BCUT2D eigenvalue weighted by Gasteiger charge is -2.61. The second-order valence-electron chi connectivity index (χ2n) is 9.64. The van der Waals surface area contributed by atoms with E-state index in [0.29, 0.717) is 19.0 Å². The van der Waals surface area contributed by atoms with Crippen LogP contribution in [0.2, 0.25) is 5.02 Å². The number of aromatic amines is 1. The summed E-state index contributed by atoms with van der Waals surface area (Å²) >= 11 is 6.05. The Morgan fingerprint density at radius 1 is 1.00 bits per heavy atom. The molecule has 192 valence electrons. The smallest absolute Gasteiger partial charge is 0.362 e. The van der Waals surface area contributed by atoms with Crippen molar-refractivity contribution in [2.45, 2.75) is 25.1 Å². The minimum atomic E-state index is -4.79. The van der Waals surface area contributed by atoms with E-state index >= 15 is 0 Å². The summed E-state index contributed by atoms with van der Waals surface area (Å²) in [6.07, 6.45) is -1.49. The quantitative estimate of drug-likeness (QED) is 0.296. The topological polar surface area (TPSA) is 48.0 Å². The first kappa shape index (κ1) is 24.0. The monoisotopic (exact) mass is 533 g/mol. The van der Waals surface area contributed by atoms with Gasteiger partial charge in [-0.15, -0.1) is 0 Å². The third-order valence-electron chi connectivity index (χ3n) is 7.50. The molecule has 4 heterocycles. The SMILES string of the molecule is Fc1ccc(N2CC3(CCN(c4nc5cc(F)c(C(F)(F)F)cc5[nH]4)CC3)C2c2ccccn2)cc1Cl. The van der Waals surface area contributed by atoms with Crippen molar-refractivity contribution in [2.75, 3.05) is 29.4 Å². The van der Waals surface area contributed by atoms with Crippen molar-refractivity contribution in [1.82, 2.24) is 15.0 Å². The average molecular weight is 534 g/mol. The van der Waals surface area contributed by atoms with Crippen LogP contribution < -0.4 is 9.80 Å². The van der Waals surface area contributed by atoms with Crippen LogP contribution in [0.1, 0.15) is 30.1 Å². The number of anilines is 2. The van der Waals surface area contributed by atoms with Crippen molar-refractivity contribution < 1.29 is 22.0 Å². The third kappa shape index (κ3) is 4.07. The molecule has 2 saturated heterocycles. The van der Waals surface area contributed by atoms with Crippen LogP contribution in [-0.4, -0.2) is 34.6 Å². The molecular formula is C26H21ClF5N5. The first-order valence-corrected chi connectivity index (χ1v) is 12.2. The zero-order valence-electron chi connectivity index (χ0n) is 19.4. The maximum absolute atomic E-state index is 14.0. The summed E-state index contributed by atoms with van der Waals surface area (Å²) < 4.78 is 67.2. The Balaban J connectivity index is 1.26. The van der Waals surface area contributed by atoms with Crippen LogP contribution >= 0.6 is 11.6 Å². The Morgan fingerprint density at radius 3 is 2.46 bits per heavy atom. The molecule has 0 amide bonds. The van der Waals surface area contributed by atoms with Crippen LogP contribution in [0.4, 0.5) is 33.6 Å². The van der Waals surface area contributed by atoms with Gasteiger partial charge in [-0.25, -0.2) is 13.8 Å². The molecule has 2 aromatic carbocycles. The molecule has 1 N–H and O–H groups in total. The van der Waals surface area contributed by atoms with E-state index in [1.54, 1.807) is 18.3 Å². The molecular weight excluding hydrogens is 513 g/mol. The third-order valence-corrected chi connectivity index (χ3v) is 7.79. The molecule has 2 aliphatic heterocycles. The molecule has 1 atom stereocenters. The van der Waals surface area contributed by atoms with Crippen molar-refractivity contribution in [1.29, 1.82) is 0 Å². The predicted octanol–water partition coefficient (Wildman–Crippen LogP) is 6.76. The predicted molar refractivity (Wildman–Crippen MR) is 131 cm³/mol. The molecule has 6 rings (SSSR count). The zero-order valence-corrected chi connectivity index (χ0v) is 20.1. The number of alkyl halides is 3. The Labute approximate surface area is 213 Å². The second kappa shape index (κ2) is 8.58. The molecule has 2 aromatic heterocycles. The largest absolute Gasteiger partial charge is 0.419 e. The number of halogens is 6. The highest BCUT2D eigenvalue weighted by Crippen LogP contribution is 2.56. The summed E-state index contributed by atoms with van der Waals surface area (Å²) in [4.78, 5) is 16.0. The zero-order chi connectivity index (χ0) is 25.9. The highest BCUT2D eigenvalue weighted by molar-refractivity contribution is 6.31. The number of rotatable bonds is 3. The normalized spacial score (nSPS) is 19.5. The van der Waals surface area contributed by atoms with Gasteiger partial charge in [-0.2, -0.15) is 13.2 Å². The van der Waals surface area contributed by atoms with Crippen LogP contribution in [0.25, 0.3) is 11.0 Å². The van der Waals surface area contributed by atoms with Crippen LogP contribution in [0.3, 0.4) is 0 Å². The fourth-order valence-corrected chi connectivity index (χ4v) is 5.81. The van der Waals surface area contributed by atoms with Gasteiger partial charge in [-0.3, -0.25) is 4.98 Å². The minimum absolute atomic E-state index is 0.0449. The molecule has 37 heavy (non-hydrogen) atoms. The van der Waals surface area contributed by atoms with Gasteiger partial charge in [0, 0.05) is 43.0 Å².